The Bertz CT molecular complexity index is 641. The molecule has 0 saturated carbocycles. The highest BCUT2D eigenvalue weighted by Crippen LogP contribution is 2.19. The molecule has 0 aliphatic rings. The highest BCUT2D eigenvalue weighted by atomic mass is 127. The van der Waals surface area contributed by atoms with E-state index in [1.807, 2.05) is 44.2 Å². The third-order valence-corrected chi connectivity index (χ3v) is 4.51. The lowest BCUT2D eigenvalue weighted by molar-refractivity contribution is 0.0617. The van der Waals surface area contributed by atoms with Crippen LogP contribution >= 0.6 is 35.3 Å². The summed E-state index contributed by atoms with van der Waals surface area (Å²) in [6.45, 7) is 7.75. The molecule has 1 aromatic carbocycles. The molecule has 1 atom stereocenters. The Labute approximate surface area is 165 Å². The molecule has 6 heteroatoms. The minimum Gasteiger partial charge on any atom is -0.384 e. The van der Waals surface area contributed by atoms with Crippen molar-refractivity contribution in [2.24, 2.45) is 4.99 Å². The van der Waals surface area contributed by atoms with Gasteiger partial charge in [-0.05, 0) is 38.5 Å². The lowest BCUT2D eigenvalue weighted by Gasteiger charge is -2.25. The Morgan fingerprint density at radius 3 is 2.46 bits per heavy atom. The van der Waals surface area contributed by atoms with Crippen LogP contribution in [0.15, 0.2) is 47.5 Å². The van der Waals surface area contributed by atoms with Gasteiger partial charge in [0.15, 0.2) is 5.96 Å². The van der Waals surface area contributed by atoms with Gasteiger partial charge >= 0.3 is 0 Å². The molecule has 0 aliphatic carbocycles. The van der Waals surface area contributed by atoms with Gasteiger partial charge in [0.05, 0.1) is 13.1 Å². The third-order valence-electron chi connectivity index (χ3n) is 3.53. The minimum absolute atomic E-state index is 0. The van der Waals surface area contributed by atoms with Gasteiger partial charge in [0.1, 0.15) is 5.60 Å². The van der Waals surface area contributed by atoms with E-state index >= 15 is 0 Å². The largest absolute Gasteiger partial charge is 0.384 e. The number of guanidine groups is 1. The first-order chi connectivity index (χ1) is 11.0. The second-order valence-electron chi connectivity index (χ2n) is 5.70. The number of aliphatic imine (C=N–C) groups is 1. The Balaban J connectivity index is 0.00000288. The summed E-state index contributed by atoms with van der Waals surface area (Å²) >= 11 is 1.76. The minimum atomic E-state index is -0.947. The summed E-state index contributed by atoms with van der Waals surface area (Å²) in [6.07, 6.45) is 0. The van der Waals surface area contributed by atoms with Crippen LogP contribution in [0.4, 0.5) is 0 Å². The summed E-state index contributed by atoms with van der Waals surface area (Å²) in [5.74, 6) is 0.717. The number of hydrogen-bond donors (Lipinski definition) is 3. The molecule has 1 heterocycles. The first-order valence-electron chi connectivity index (χ1n) is 7.86. The van der Waals surface area contributed by atoms with Crippen molar-refractivity contribution < 1.29 is 5.11 Å². The van der Waals surface area contributed by atoms with Crippen LogP contribution in [0.1, 0.15) is 29.2 Å². The summed E-state index contributed by atoms with van der Waals surface area (Å²) < 4.78 is 0. The first kappa shape index (κ1) is 20.9. The number of benzene rings is 1. The number of aliphatic hydroxyl groups is 1. The van der Waals surface area contributed by atoms with E-state index in [0.29, 0.717) is 13.1 Å². The summed E-state index contributed by atoms with van der Waals surface area (Å²) in [6, 6.07) is 13.9. The normalized spacial score (nSPS) is 13.8. The van der Waals surface area contributed by atoms with Crippen molar-refractivity contribution in [1.82, 2.24) is 10.6 Å². The van der Waals surface area contributed by atoms with Gasteiger partial charge in [-0.1, -0.05) is 30.3 Å². The molecule has 0 radical (unpaired) electrons. The molecule has 0 bridgehead atoms. The van der Waals surface area contributed by atoms with E-state index in [1.165, 1.54) is 9.75 Å². The molecule has 0 amide bonds. The smallest absolute Gasteiger partial charge is 0.191 e. The monoisotopic (exact) mass is 459 g/mol. The van der Waals surface area contributed by atoms with Gasteiger partial charge in [-0.15, -0.1) is 35.3 Å². The van der Waals surface area contributed by atoms with Gasteiger partial charge in [-0.2, -0.15) is 0 Å². The van der Waals surface area contributed by atoms with Crippen molar-refractivity contribution in [1.29, 1.82) is 0 Å². The Hall–Kier alpha value is -1.12. The molecular weight excluding hydrogens is 433 g/mol. The molecule has 24 heavy (non-hydrogen) atoms. The topological polar surface area (TPSA) is 56.7 Å². The van der Waals surface area contributed by atoms with Crippen molar-refractivity contribution in [3.8, 4) is 0 Å². The zero-order valence-corrected chi connectivity index (χ0v) is 17.5. The van der Waals surface area contributed by atoms with Crippen molar-refractivity contribution in [3.63, 3.8) is 0 Å². The van der Waals surface area contributed by atoms with Crippen molar-refractivity contribution in [3.05, 3.63) is 57.8 Å². The zero-order chi connectivity index (χ0) is 16.7. The number of halogens is 1. The summed E-state index contributed by atoms with van der Waals surface area (Å²) in [5, 5.41) is 17.1. The number of rotatable bonds is 6. The van der Waals surface area contributed by atoms with Crippen LogP contribution in [0.5, 0.6) is 0 Å². The third kappa shape index (κ3) is 6.41. The molecule has 3 N–H and O–H groups in total. The fraction of sp³-hybridized carbons (Fsp3) is 0.389. The van der Waals surface area contributed by atoms with Gasteiger partial charge in [-0.3, -0.25) is 0 Å². The van der Waals surface area contributed by atoms with Crippen LogP contribution in [0.3, 0.4) is 0 Å². The quantitative estimate of drug-likeness (QED) is 0.351. The van der Waals surface area contributed by atoms with Crippen molar-refractivity contribution >= 4 is 41.3 Å². The lowest BCUT2D eigenvalue weighted by atomic mass is 9.96. The average Bonchev–Trinajstić information content (AvgIpc) is 2.96. The molecule has 2 rings (SSSR count). The maximum atomic E-state index is 10.6. The van der Waals surface area contributed by atoms with Gasteiger partial charge < -0.3 is 15.7 Å². The number of nitrogens with one attached hydrogen (secondary N) is 2. The lowest BCUT2D eigenvalue weighted by Crippen LogP contribution is -2.44. The van der Waals surface area contributed by atoms with Gasteiger partial charge in [0, 0.05) is 16.3 Å². The SMILES string of the molecule is CCNC(=NCc1ccc(C)s1)NCC(C)(O)c1ccccc1.I. The molecule has 4 nitrogen and oxygen atoms in total. The Kier molecular flexibility index (Phi) is 8.72. The highest BCUT2D eigenvalue weighted by Gasteiger charge is 2.22. The van der Waals surface area contributed by atoms with E-state index in [4.69, 9.17) is 0 Å². The van der Waals surface area contributed by atoms with Crippen molar-refractivity contribution in [2.45, 2.75) is 32.9 Å². The molecular formula is C18H26IN3OS. The molecule has 0 aliphatic heterocycles. The van der Waals surface area contributed by atoms with E-state index in [-0.39, 0.29) is 24.0 Å². The fourth-order valence-corrected chi connectivity index (χ4v) is 3.04. The zero-order valence-electron chi connectivity index (χ0n) is 14.4. The van der Waals surface area contributed by atoms with E-state index in [2.05, 4.69) is 34.7 Å². The predicted molar refractivity (Wildman–Crippen MR) is 113 cm³/mol. The molecule has 1 aromatic heterocycles. The average molecular weight is 459 g/mol. The Morgan fingerprint density at radius 2 is 1.88 bits per heavy atom. The van der Waals surface area contributed by atoms with Crippen LogP contribution in [-0.4, -0.2) is 24.2 Å². The Morgan fingerprint density at radius 1 is 1.17 bits per heavy atom. The van der Waals surface area contributed by atoms with Crippen LogP contribution < -0.4 is 10.6 Å². The summed E-state index contributed by atoms with van der Waals surface area (Å²) in [7, 11) is 0. The maximum Gasteiger partial charge on any atom is 0.191 e. The van der Waals surface area contributed by atoms with E-state index in [0.717, 1.165) is 18.1 Å². The van der Waals surface area contributed by atoms with Gasteiger partial charge in [-0.25, -0.2) is 4.99 Å². The molecule has 0 fully saturated rings. The van der Waals surface area contributed by atoms with Crippen LogP contribution in [0, 0.1) is 6.92 Å². The molecule has 0 saturated heterocycles. The van der Waals surface area contributed by atoms with Crippen LogP contribution in [0.25, 0.3) is 0 Å². The number of thiophene rings is 1. The molecule has 2 aromatic rings. The van der Waals surface area contributed by atoms with Crippen LogP contribution in [-0.2, 0) is 12.1 Å². The predicted octanol–water partition coefficient (Wildman–Crippen LogP) is 3.64. The number of aryl methyl sites for hydroxylation is 1. The van der Waals surface area contributed by atoms with E-state index < -0.39 is 5.60 Å². The fourth-order valence-electron chi connectivity index (χ4n) is 2.22. The number of hydrogen-bond acceptors (Lipinski definition) is 3. The second-order valence-corrected chi connectivity index (χ2v) is 7.07. The highest BCUT2D eigenvalue weighted by molar-refractivity contribution is 14.0. The second kappa shape index (κ2) is 10.0. The van der Waals surface area contributed by atoms with E-state index in [1.54, 1.807) is 11.3 Å². The number of nitrogens with zero attached hydrogens (tertiary/aromatic N) is 1. The molecule has 1 unspecified atom stereocenters. The van der Waals surface area contributed by atoms with Gasteiger partial charge in [0.2, 0.25) is 0 Å². The first-order valence-corrected chi connectivity index (χ1v) is 8.68. The summed E-state index contributed by atoms with van der Waals surface area (Å²) in [4.78, 5) is 7.11. The summed E-state index contributed by atoms with van der Waals surface area (Å²) in [5.41, 5.74) is -0.0611. The van der Waals surface area contributed by atoms with Gasteiger partial charge in [0.25, 0.3) is 0 Å². The maximum absolute atomic E-state index is 10.6. The van der Waals surface area contributed by atoms with Crippen molar-refractivity contribution in [2.75, 3.05) is 13.1 Å². The molecule has 132 valence electrons. The standard InChI is InChI=1S/C18H25N3OS.HI/c1-4-19-17(20-12-16-11-10-14(2)23-16)21-13-18(3,22)15-8-6-5-7-9-15;/h5-11,22H,4,12-13H2,1-3H3,(H2,19,20,21);1H. The molecule has 0 spiro atoms. The van der Waals surface area contributed by atoms with Crippen LogP contribution in [0.2, 0.25) is 0 Å². The van der Waals surface area contributed by atoms with E-state index in [9.17, 15) is 5.11 Å².